The maximum absolute atomic E-state index is 11.5. The average Bonchev–Trinajstić information content (AvgIpc) is 3.20. The lowest BCUT2D eigenvalue weighted by Gasteiger charge is -2.03. The number of allylic oxidation sites excluding steroid dienone is 2. The molecule has 5 nitrogen and oxygen atoms in total. The van der Waals surface area contributed by atoms with Crippen LogP contribution in [0.3, 0.4) is 0 Å². The van der Waals surface area contributed by atoms with Gasteiger partial charge < -0.3 is 13.9 Å². The van der Waals surface area contributed by atoms with Gasteiger partial charge in [-0.3, -0.25) is 0 Å². The Hall–Kier alpha value is -3.86. The lowest BCUT2D eigenvalue weighted by atomic mass is 10.1. The average molecular weight is 388 g/mol. The zero-order valence-corrected chi connectivity index (χ0v) is 16.1. The highest BCUT2D eigenvalue weighted by atomic mass is 16.5. The second-order valence-corrected chi connectivity index (χ2v) is 6.05. The first-order chi connectivity index (χ1) is 14.1. The highest BCUT2D eigenvalue weighted by molar-refractivity contribution is 5.84. The molecular formula is C24H20O5. The molecule has 29 heavy (non-hydrogen) atoms. The molecule has 0 N–H and O–H groups in total. The van der Waals surface area contributed by atoms with Crippen molar-refractivity contribution >= 4 is 11.9 Å². The Morgan fingerprint density at radius 2 is 1.03 bits per heavy atom. The third-order valence-electron chi connectivity index (χ3n) is 3.93. The minimum absolute atomic E-state index is 0.416. The van der Waals surface area contributed by atoms with Crippen LogP contribution in [-0.2, 0) is 9.59 Å². The minimum atomic E-state index is -0.416. The fourth-order valence-corrected chi connectivity index (χ4v) is 2.60. The molecule has 0 saturated heterocycles. The second kappa shape index (κ2) is 9.37. The van der Waals surface area contributed by atoms with Gasteiger partial charge in [0, 0.05) is 23.3 Å². The first kappa shape index (κ1) is 19.9. The summed E-state index contributed by atoms with van der Waals surface area (Å²) in [7, 11) is 0. The summed E-state index contributed by atoms with van der Waals surface area (Å²) in [6.07, 6.45) is 5.97. The molecule has 1 heterocycles. The van der Waals surface area contributed by atoms with Gasteiger partial charge in [0.15, 0.2) is 0 Å². The fourth-order valence-electron chi connectivity index (χ4n) is 2.60. The molecule has 0 aliphatic rings. The third-order valence-corrected chi connectivity index (χ3v) is 3.93. The van der Waals surface area contributed by atoms with E-state index in [9.17, 15) is 9.59 Å². The van der Waals surface area contributed by atoms with Gasteiger partial charge in [-0.2, -0.15) is 0 Å². The van der Waals surface area contributed by atoms with E-state index in [0.717, 1.165) is 11.1 Å². The Morgan fingerprint density at radius 3 is 1.38 bits per heavy atom. The molecule has 1 aromatic heterocycles. The summed E-state index contributed by atoms with van der Waals surface area (Å²) in [4.78, 5) is 23.0. The van der Waals surface area contributed by atoms with Gasteiger partial charge in [-0.25, -0.2) is 9.59 Å². The standard InChI is InChI=1S/C24H20O5/c1-3-5-23(25)27-19-11-7-17(8-12-19)21-15-16-22(29-21)18-9-13-20(14-10-18)28-24(26)6-4-2/h3-16H,1-2H3/b5-3+,6-4+. The highest BCUT2D eigenvalue weighted by Crippen LogP contribution is 2.30. The molecule has 3 aromatic rings. The number of rotatable bonds is 6. The predicted molar refractivity (Wildman–Crippen MR) is 110 cm³/mol. The van der Waals surface area contributed by atoms with Gasteiger partial charge in [-0.05, 0) is 74.5 Å². The van der Waals surface area contributed by atoms with E-state index in [4.69, 9.17) is 13.9 Å². The Bertz CT molecular complexity index is 954. The maximum atomic E-state index is 11.5. The van der Waals surface area contributed by atoms with Gasteiger partial charge >= 0.3 is 11.9 Å². The van der Waals surface area contributed by atoms with E-state index >= 15 is 0 Å². The number of carbonyl (C=O) groups excluding carboxylic acids is 2. The van der Waals surface area contributed by atoms with Crippen molar-refractivity contribution in [2.24, 2.45) is 0 Å². The van der Waals surface area contributed by atoms with Crippen LogP contribution in [0.4, 0.5) is 0 Å². The van der Waals surface area contributed by atoms with Gasteiger partial charge in [0.1, 0.15) is 23.0 Å². The number of ether oxygens (including phenoxy) is 2. The highest BCUT2D eigenvalue weighted by Gasteiger charge is 2.09. The van der Waals surface area contributed by atoms with Gasteiger partial charge in [-0.15, -0.1) is 0 Å². The molecule has 0 unspecified atom stereocenters. The minimum Gasteiger partial charge on any atom is -0.456 e. The molecule has 0 radical (unpaired) electrons. The van der Waals surface area contributed by atoms with Gasteiger partial charge in [-0.1, -0.05) is 12.2 Å². The lowest BCUT2D eigenvalue weighted by Crippen LogP contribution is -2.03. The summed E-state index contributed by atoms with van der Waals surface area (Å²) in [5.74, 6) is 1.48. The molecule has 0 amide bonds. The summed E-state index contributed by atoms with van der Waals surface area (Å²) in [6, 6.07) is 17.9. The van der Waals surface area contributed by atoms with Crippen molar-refractivity contribution in [2.45, 2.75) is 13.8 Å². The lowest BCUT2D eigenvalue weighted by molar-refractivity contribution is -0.129. The quantitative estimate of drug-likeness (QED) is 0.313. The van der Waals surface area contributed by atoms with E-state index in [2.05, 4.69) is 0 Å². The van der Waals surface area contributed by atoms with Crippen molar-refractivity contribution in [3.05, 3.63) is 85.0 Å². The van der Waals surface area contributed by atoms with Gasteiger partial charge in [0.25, 0.3) is 0 Å². The molecule has 0 aliphatic heterocycles. The number of hydrogen-bond acceptors (Lipinski definition) is 5. The molecule has 5 heteroatoms. The van der Waals surface area contributed by atoms with Crippen LogP contribution in [0.2, 0.25) is 0 Å². The summed E-state index contributed by atoms with van der Waals surface area (Å²) < 4.78 is 16.3. The van der Waals surface area contributed by atoms with Crippen LogP contribution in [0.5, 0.6) is 11.5 Å². The molecule has 146 valence electrons. The Balaban J connectivity index is 1.70. The summed E-state index contributed by atoms with van der Waals surface area (Å²) >= 11 is 0. The van der Waals surface area contributed by atoms with Crippen LogP contribution in [0.15, 0.2) is 89.4 Å². The molecular weight excluding hydrogens is 368 g/mol. The molecule has 0 fully saturated rings. The first-order valence-corrected chi connectivity index (χ1v) is 9.09. The molecule has 0 spiro atoms. The predicted octanol–water partition coefficient (Wildman–Crippen LogP) is 5.58. The number of benzene rings is 2. The molecule has 0 aliphatic carbocycles. The van der Waals surface area contributed by atoms with Crippen LogP contribution in [0.25, 0.3) is 22.6 Å². The van der Waals surface area contributed by atoms with Gasteiger partial charge in [0.2, 0.25) is 0 Å². The zero-order chi connectivity index (χ0) is 20.6. The monoisotopic (exact) mass is 388 g/mol. The molecule has 0 saturated carbocycles. The van der Waals surface area contributed by atoms with Crippen LogP contribution in [0, 0.1) is 0 Å². The van der Waals surface area contributed by atoms with E-state index in [0.29, 0.717) is 23.0 Å². The van der Waals surface area contributed by atoms with Crippen molar-refractivity contribution < 1.29 is 23.5 Å². The fraction of sp³-hybridized carbons (Fsp3) is 0.0833. The first-order valence-electron chi connectivity index (χ1n) is 9.09. The second-order valence-electron chi connectivity index (χ2n) is 6.05. The summed E-state index contributed by atoms with van der Waals surface area (Å²) in [5.41, 5.74) is 1.72. The van der Waals surface area contributed by atoms with Crippen LogP contribution >= 0.6 is 0 Å². The zero-order valence-electron chi connectivity index (χ0n) is 16.1. The number of furan rings is 1. The van der Waals surface area contributed by atoms with Crippen molar-refractivity contribution in [1.82, 2.24) is 0 Å². The number of hydrogen-bond donors (Lipinski definition) is 0. The Morgan fingerprint density at radius 1 is 0.655 bits per heavy atom. The SMILES string of the molecule is C/C=C/C(=O)Oc1ccc(-c2ccc(-c3ccc(OC(=O)/C=C/C)cc3)o2)cc1. The molecule has 2 aromatic carbocycles. The molecule has 0 atom stereocenters. The van der Waals surface area contributed by atoms with Gasteiger partial charge in [0.05, 0.1) is 0 Å². The normalized spacial score (nSPS) is 11.1. The van der Waals surface area contributed by atoms with Crippen molar-refractivity contribution in [2.75, 3.05) is 0 Å². The van der Waals surface area contributed by atoms with Crippen LogP contribution in [-0.4, -0.2) is 11.9 Å². The van der Waals surface area contributed by atoms with E-state index in [-0.39, 0.29) is 0 Å². The summed E-state index contributed by atoms with van der Waals surface area (Å²) in [6.45, 7) is 3.51. The largest absolute Gasteiger partial charge is 0.456 e. The van der Waals surface area contributed by atoms with Crippen molar-refractivity contribution in [3.8, 4) is 34.1 Å². The van der Waals surface area contributed by atoms with E-state index in [1.807, 2.05) is 36.4 Å². The smallest absolute Gasteiger partial charge is 0.335 e. The van der Waals surface area contributed by atoms with Crippen LogP contribution < -0.4 is 9.47 Å². The number of carbonyl (C=O) groups is 2. The summed E-state index contributed by atoms with van der Waals surface area (Å²) in [5, 5.41) is 0. The van der Waals surface area contributed by atoms with Crippen molar-refractivity contribution in [3.63, 3.8) is 0 Å². The van der Waals surface area contributed by atoms with E-state index in [1.165, 1.54) is 12.2 Å². The van der Waals surface area contributed by atoms with Crippen molar-refractivity contribution in [1.29, 1.82) is 0 Å². The van der Waals surface area contributed by atoms with Crippen LogP contribution in [0.1, 0.15) is 13.8 Å². The Kier molecular flexibility index (Phi) is 6.43. The van der Waals surface area contributed by atoms with E-state index in [1.54, 1.807) is 50.3 Å². The maximum Gasteiger partial charge on any atom is 0.335 e. The van der Waals surface area contributed by atoms with E-state index < -0.39 is 11.9 Å². The topological polar surface area (TPSA) is 65.7 Å². The molecule has 3 rings (SSSR count). The molecule has 0 bridgehead atoms. The third kappa shape index (κ3) is 5.32. The Labute approximate surface area is 168 Å². The number of esters is 2.